The second-order valence-electron chi connectivity index (χ2n) is 4.73. The second kappa shape index (κ2) is 5.42. The summed E-state index contributed by atoms with van der Waals surface area (Å²) in [5, 5.41) is 0.943. The molecule has 1 N–H and O–H groups in total. The quantitative estimate of drug-likeness (QED) is 0.840. The van der Waals surface area contributed by atoms with Crippen LogP contribution in [-0.2, 0) is 6.42 Å². The summed E-state index contributed by atoms with van der Waals surface area (Å²) in [7, 11) is 1.56. The molecule has 18 heavy (non-hydrogen) atoms. The van der Waals surface area contributed by atoms with Crippen molar-refractivity contribution in [3.63, 3.8) is 0 Å². The van der Waals surface area contributed by atoms with E-state index in [4.69, 9.17) is 4.74 Å². The van der Waals surface area contributed by atoms with Crippen LogP contribution >= 0.6 is 0 Å². The number of H-pyrrole nitrogens is 1. The normalized spacial score (nSPS) is 11.4. The van der Waals surface area contributed by atoms with Gasteiger partial charge in [-0.1, -0.05) is 26.7 Å². The molecular formula is C15H20FNO. The maximum absolute atomic E-state index is 13.8. The molecule has 98 valence electrons. The van der Waals surface area contributed by atoms with E-state index in [-0.39, 0.29) is 5.82 Å². The minimum absolute atomic E-state index is 0.250. The molecule has 3 heteroatoms. The van der Waals surface area contributed by atoms with Crippen LogP contribution in [0.2, 0.25) is 0 Å². The Morgan fingerprint density at radius 3 is 2.61 bits per heavy atom. The minimum Gasteiger partial charge on any atom is -0.497 e. The fourth-order valence-electron chi connectivity index (χ4n) is 2.39. The first kappa shape index (κ1) is 12.9. The molecule has 2 aromatic rings. The Kier molecular flexibility index (Phi) is 3.90. The number of halogens is 1. The van der Waals surface area contributed by atoms with Crippen molar-refractivity contribution in [3.05, 3.63) is 29.7 Å². The van der Waals surface area contributed by atoms with Crippen LogP contribution in [0, 0.1) is 11.7 Å². The molecule has 0 aliphatic rings. The number of aromatic amines is 1. The molecule has 2 rings (SSSR count). The van der Waals surface area contributed by atoms with E-state index in [1.165, 1.54) is 11.6 Å². The molecule has 2 nitrogen and oxygen atoms in total. The lowest BCUT2D eigenvalue weighted by atomic mass is 9.94. The van der Waals surface area contributed by atoms with Crippen LogP contribution in [-0.4, -0.2) is 12.1 Å². The Hall–Kier alpha value is -1.51. The lowest BCUT2D eigenvalue weighted by Crippen LogP contribution is -2.00. The standard InChI is InChI=1S/C15H20FNO/c1-4-10(5-2)6-11-9-17-15-13(11)7-12(18-3)8-14(15)16/h7-10,17H,4-6H2,1-3H3. The Labute approximate surface area is 107 Å². The Bertz CT molecular complexity index is 529. The number of fused-ring (bicyclic) bond motifs is 1. The van der Waals surface area contributed by atoms with E-state index in [9.17, 15) is 4.39 Å². The summed E-state index contributed by atoms with van der Waals surface area (Å²) >= 11 is 0. The third-order valence-electron chi connectivity index (χ3n) is 3.70. The van der Waals surface area contributed by atoms with Crippen LogP contribution < -0.4 is 4.74 Å². The van der Waals surface area contributed by atoms with Gasteiger partial charge < -0.3 is 9.72 Å². The predicted molar refractivity (Wildman–Crippen MR) is 72.6 cm³/mol. The monoisotopic (exact) mass is 249 g/mol. The van der Waals surface area contributed by atoms with E-state index in [1.54, 1.807) is 7.11 Å². The van der Waals surface area contributed by atoms with Crippen molar-refractivity contribution in [2.24, 2.45) is 5.92 Å². The van der Waals surface area contributed by atoms with Gasteiger partial charge in [0.2, 0.25) is 0 Å². The van der Waals surface area contributed by atoms with Gasteiger partial charge >= 0.3 is 0 Å². The van der Waals surface area contributed by atoms with E-state index >= 15 is 0 Å². The Balaban J connectivity index is 2.42. The third kappa shape index (κ3) is 2.35. The number of hydrogen-bond donors (Lipinski definition) is 1. The van der Waals surface area contributed by atoms with Crippen molar-refractivity contribution < 1.29 is 9.13 Å². The fraction of sp³-hybridized carbons (Fsp3) is 0.467. The second-order valence-corrected chi connectivity index (χ2v) is 4.73. The number of hydrogen-bond acceptors (Lipinski definition) is 1. The Morgan fingerprint density at radius 2 is 2.00 bits per heavy atom. The first-order chi connectivity index (χ1) is 8.69. The zero-order chi connectivity index (χ0) is 13.1. The molecule has 1 heterocycles. The zero-order valence-electron chi connectivity index (χ0n) is 11.2. The van der Waals surface area contributed by atoms with Gasteiger partial charge in [0.25, 0.3) is 0 Å². The van der Waals surface area contributed by atoms with Gasteiger partial charge in [-0.2, -0.15) is 0 Å². The van der Waals surface area contributed by atoms with Crippen LogP contribution in [0.5, 0.6) is 5.75 Å². The molecule has 1 aromatic heterocycles. The van der Waals surface area contributed by atoms with Crippen molar-refractivity contribution in [2.45, 2.75) is 33.1 Å². The lowest BCUT2D eigenvalue weighted by molar-refractivity contribution is 0.412. The maximum Gasteiger partial charge on any atom is 0.150 e. The van der Waals surface area contributed by atoms with E-state index in [0.29, 0.717) is 17.2 Å². The summed E-state index contributed by atoms with van der Waals surface area (Å²) in [6.07, 6.45) is 5.20. The summed E-state index contributed by atoms with van der Waals surface area (Å²) in [6.45, 7) is 4.40. The molecule has 0 aliphatic heterocycles. The molecule has 0 bridgehead atoms. The molecular weight excluding hydrogens is 229 g/mol. The van der Waals surface area contributed by atoms with Crippen molar-refractivity contribution in [1.82, 2.24) is 4.98 Å². The summed E-state index contributed by atoms with van der Waals surface area (Å²) in [5.41, 5.74) is 1.76. The summed E-state index contributed by atoms with van der Waals surface area (Å²) in [6, 6.07) is 3.33. The largest absolute Gasteiger partial charge is 0.497 e. The predicted octanol–water partition coefficient (Wildman–Crippen LogP) is 4.29. The van der Waals surface area contributed by atoms with Crippen LogP contribution in [0.15, 0.2) is 18.3 Å². The van der Waals surface area contributed by atoms with Crippen molar-refractivity contribution >= 4 is 10.9 Å². The average molecular weight is 249 g/mol. The van der Waals surface area contributed by atoms with Crippen LogP contribution in [0.3, 0.4) is 0 Å². The zero-order valence-corrected chi connectivity index (χ0v) is 11.2. The Morgan fingerprint density at radius 1 is 1.28 bits per heavy atom. The van der Waals surface area contributed by atoms with Gasteiger partial charge in [-0.15, -0.1) is 0 Å². The van der Waals surface area contributed by atoms with Gasteiger partial charge in [-0.25, -0.2) is 4.39 Å². The van der Waals surface area contributed by atoms with Crippen molar-refractivity contribution in [2.75, 3.05) is 7.11 Å². The molecule has 0 saturated heterocycles. The van der Waals surface area contributed by atoms with Crippen molar-refractivity contribution in [3.8, 4) is 5.75 Å². The summed E-state index contributed by atoms with van der Waals surface area (Å²) in [4.78, 5) is 3.03. The van der Waals surface area contributed by atoms with E-state index in [0.717, 1.165) is 24.6 Å². The highest BCUT2D eigenvalue weighted by Crippen LogP contribution is 2.29. The lowest BCUT2D eigenvalue weighted by Gasteiger charge is -2.11. The molecule has 0 unspecified atom stereocenters. The molecule has 1 aromatic carbocycles. The van der Waals surface area contributed by atoms with E-state index in [1.807, 2.05) is 12.3 Å². The van der Waals surface area contributed by atoms with Crippen molar-refractivity contribution in [1.29, 1.82) is 0 Å². The van der Waals surface area contributed by atoms with Crippen LogP contribution in [0.4, 0.5) is 4.39 Å². The van der Waals surface area contributed by atoms with E-state index in [2.05, 4.69) is 18.8 Å². The number of ether oxygens (including phenoxy) is 1. The summed E-state index contributed by atoms with van der Waals surface area (Å²) in [5.74, 6) is 0.976. The average Bonchev–Trinajstić information content (AvgIpc) is 2.79. The van der Waals surface area contributed by atoms with Crippen LogP contribution in [0.25, 0.3) is 10.9 Å². The number of benzene rings is 1. The van der Waals surface area contributed by atoms with Gasteiger partial charge in [0.05, 0.1) is 12.6 Å². The number of methoxy groups -OCH3 is 1. The maximum atomic E-state index is 13.8. The van der Waals surface area contributed by atoms with Gasteiger partial charge in [0, 0.05) is 17.6 Å². The smallest absolute Gasteiger partial charge is 0.150 e. The van der Waals surface area contributed by atoms with Gasteiger partial charge in [0.1, 0.15) is 5.75 Å². The summed E-state index contributed by atoms with van der Waals surface area (Å²) < 4.78 is 19.0. The number of nitrogens with one attached hydrogen (secondary N) is 1. The highest BCUT2D eigenvalue weighted by atomic mass is 19.1. The molecule has 0 spiro atoms. The topological polar surface area (TPSA) is 25.0 Å². The molecule has 0 atom stereocenters. The molecule has 0 aliphatic carbocycles. The third-order valence-corrected chi connectivity index (χ3v) is 3.70. The molecule has 0 amide bonds. The fourth-order valence-corrected chi connectivity index (χ4v) is 2.39. The number of aromatic nitrogens is 1. The molecule has 0 saturated carbocycles. The molecule has 0 fully saturated rings. The van der Waals surface area contributed by atoms with Crippen LogP contribution in [0.1, 0.15) is 32.3 Å². The van der Waals surface area contributed by atoms with Gasteiger partial charge in [0.15, 0.2) is 5.82 Å². The van der Waals surface area contributed by atoms with E-state index < -0.39 is 0 Å². The first-order valence-corrected chi connectivity index (χ1v) is 6.53. The highest BCUT2D eigenvalue weighted by molar-refractivity contribution is 5.85. The first-order valence-electron chi connectivity index (χ1n) is 6.53. The number of rotatable bonds is 5. The van der Waals surface area contributed by atoms with Gasteiger partial charge in [-0.3, -0.25) is 0 Å². The SMILES string of the molecule is CCC(CC)Cc1c[nH]c2c(F)cc(OC)cc12. The van der Waals surface area contributed by atoms with Gasteiger partial charge in [-0.05, 0) is 24.0 Å². The molecule has 0 radical (unpaired) electrons. The minimum atomic E-state index is -0.250. The highest BCUT2D eigenvalue weighted by Gasteiger charge is 2.13.